The van der Waals surface area contributed by atoms with Crippen molar-refractivity contribution >= 4 is 12.1 Å². The van der Waals surface area contributed by atoms with E-state index in [1.54, 1.807) is 6.21 Å². The molecule has 0 aliphatic rings. The molecule has 0 fully saturated rings. The maximum Gasteiger partial charge on any atom is 0.277 e. The minimum Gasteiger partial charge on any atom is -0.489 e. The summed E-state index contributed by atoms with van der Waals surface area (Å²) in [6.45, 7) is 4.40. The van der Waals surface area contributed by atoms with Gasteiger partial charge in [-0.1, -0.05) is 36.4 Å². The monoisotopic (exact) mass is 388 g/mol. The molecule has 3 aromatic rings. The van der Waals surface area contributed by atoms with Crippen LogP contribution in [-0.2, 0) is 11.4 Å². The Morgan fingerprint density at radius 1 is 0.897 bits per heavy atom. The summed E-state index contributed by atoms with van der Waals surface area (Å²) in [5.74, 6) is 1.13. The van der Waals surface area contributed by atoms with Crippen molar-refractivity contribution in [2.24, 2.45) is 5.10 Å². The SMILES string of the molecule is Cc1cc(C)cc(OCC(=O)NN=Cc2ccc(OCc3ccccc3)cc2)c1. The van der Waals surface area contributed by atoms with E-state index in [0.29, 0.717) is 12.4 Å². The molecule has 0 heterocycles. The van der Waals surface area contributed by atoms with Crippen molar-refractivity contribution in [3.8, 4) is 11.5 Å². The summed E-state index contributed by atoms with van der Waals surface area (Å²) in [4.78, 5) is 11.9. The van der Waals surface area contributed by atoms with Crippen molar-refractivity contribution in [1.82, 2.24) is 5.43 Å². The molecule has 0 saturated carbocycles. The zero-order valence-corrected chi connectivity index (χ0v) is 16.6. The maximum atomic E-state index is 11.9. The second kappa shape index (κ2) is 10.1. The molecule has 0 spiro atoms. The Balaban J connectivity index is 1.43. The molecular formula is C24H24N2O3. The van der Waals surface area contributed by atoms with Crippen molar-refractivity contribution in [2.45, 2.75) is 20.5 Å². The van der Waals surface area contributed by atoms with Crippen LogP contribution in [0.1, 0.15) is 22.3 Å². The van der Waals surface area contributed by atoms with Crippen molar-refractivity contribution in [3.63, 3.8) is 0 Å². The number of amides is 1. The highest BCUT2D eigenvalue weighted by atomic mass is 16.5. The fourth-order valence-electron chi connectivity index (χ4n) is 2.77. The molecule has 0 bridgehead atoms. The number of carbonyl (C=O) groups is 1. The minimum atomic E-state index is -0.316. The first kappa shape index (κ1) is 20.1. The average Bonchev–Trinajstić information content (AvgIpc) is 2.72. The molecule has 0 aliphatic carbocycles. The molecule has 1 N–H and O–H groups in total. The van der Waals surface area contributed by atoms with Gasteiger partial charge in [0.1, 0.15) is 18.1 Å². The molecule has 0 atom stereocenters. The number of ether oxygens (including phenoxy) is 2. The predicted octanol–water partition coefficient (Wildman–Crippen LogP) is 4.41. The van der Waals surface area contributed by atoms with Gasteiger partial charge >= 0.3 is 0 Å². The van der Waals surface area contributed by atoms with E-state index in [0.717, 1.165) is 28.0 Å². The van der Waals surface area contributed by atoms with Crippen molar-refractivity contribution in [2.75, 3.05) is 6.61 Å². The van der Waals surface area contributed by atoms with Crippen LogP contribution in [0.2, 0.25) is 0 Å². The van der Waals surface area contributed by atoms with Crippen molar-refractivity contribution < 1.29 is 14.3 Å². The Hall–Kier alpha value is -3.60. The predicted molar refractivity (Wildman–Crippen MR) is 114 cm³/mol. The number of hydrogen-bond donors (Lipinski definition) is 1. The van der Waals surface area contributed by atoms with Gasteiger partial charge in [0.05, 0.1) is 6.21 Å². The van der Waals surface area contributed by atoms with Crippen LogP contribution < -0.4 is 14.9 Å². The first-order valence-electron chi connectivity index (χ1n) is 9.38. The third-order valence-corrected chi connectivity index (χ3v) is 4.10. The number of nitrogens with zero attached hydrogens (tertiary/aromatic N) is 1. The lowest BCUT2D eigenvalue weighted by atomic mass is 10.1. The van der Waals surface area contributed by atoms with E-state index in [-0.39, 0.29) is 12.5 Å². The Bertz CT molecular complexity index is 947. The number of benzene rings is 3. The van der Waals surface area contributed by atoms with Gasteiger partial charge in [-0.25, -0.2) is 5.43 Å². The Labute approximate surface area is 171 Å². The molecule has 0 aromatic heterocycles. The lowest BCUT2D eigenvalue weighted by molar-refractivity contribution is -0.123. The zero-order chi connectivity index (χ0) is 20.5. The van der Waals surface area contributed by atoms with Crippen LogP contribution in [0.5, 0.6) is 11.5 Å². The summed E-state index contributed by atoms with van der Waals surface area (Å²) >= 11 is 0. The van der Waals surface area contributed by atoms with Crippen LogP contribution in [0.3, 0.4) is 0 Å². The normalized spacial score (nSPS) is 10.7. The van der Waals surface area contributed by atoms with Gasteiger partial charge in [0.2, 0.25) is 0 Å². The lowest BCUT2D eigenvalue weighted by Gasteiger charge is -2.07. The summed E-state index contributed by atoms with van der Waals surface area (Å²) in [5, 5.41) is 3.97. The van der Waals surface area contributed by atoms with Gasteiger partial charge < -0.3 is 9.47 Å². The fraction of sp³-hybridized carbons (Fsp3) is 0.167. The highest BCUT2D eigenvalue weighted by Gasteiger charge is 2.03. The summed E-state index contributed by atoms with van der Waals surface area (Å²) in [6.07, 6.45) is 1.58. The van der Waals surface area contributed by atoms with E-state index < -0.39 is 0 Å². The molecule has 1 amide bonds. The summed E-state index contributed by atoms with van der Waals surface area (Å²) in [7, 11) is 0. The highest BCUT2D eigenvalue weighted by molar-refractivity contribution is 5.83. The van der Waals surface area contributed by atoms with Gasteiger partial charge in [-0.3, -0.25) is 4.79 Å². The van der Waals surface area contributed by atoms with Gasteiger partial charge in [0, 0.05) is 0 Å². The highest BCUT2D eigenvalue weighted by Crippen LogP contribution is 2.16. The zero-order valence-electron chi connectivity index (χ0n) is 16.6. The third kappa shape index (κ3) is 6.81. The standard InChI is InChI=1S/C24H24N2O3/c1-18-12-19(2)14-23(13-18)29-17-24(27)26-25-15-20-8-10-22(11-9-20)28-16-21-6-4-3-5-7-21/h3-15H,16-17H2,1-2H3,(H,26,27). The van der Waals surface area contributed by atoms with Gasteiger partial charge in [-0.2, -0.15) is 5.10 Å². The number of aryl methyl sites for hydroxylation is 2. The second-order valence-electron chi connectivity index (χ2n) is 6.75. The van der Waals surface area contributed by atoms with Gasteiger partial charge in [-0.15, -0.1) is 0 Å². The molecule has 5 nitrogen and oxygen atoms in total. The molecule has 0 saturated heterocycles. The molecular weight excluding hydrogens is 364 g/mol. The van der Waals surface area contributed by atoms with Crippen LogP contribution in [-0.4, -0.2) is 18.7 Å². The van der Waals surface area contributed by atoms with Gasteiger partial charge in [-0.05, 0) is 72.5 Å². The largest absolute Gasteiger partial charge is 0.489 e. The number of hydrazone groups is 1. The number of rotatable bonds is 8. The van der Waals surface area contributed by atoms with Crippen LogP contribution in [0.25, 0.3) is 0 Å². The summed E-state index contributed by atoms with van der Waals surface area (Å²) in [5.41, 5.74) is 6.62. The summed E-state index contributed by atoms with van der Waals surface area (Å²) < 4.78 is 11.3. The molecule has 3 aromatic carbocycles. The maximum absolute atomic E-state index is 11.9. The molecule has 0 aliphatic heterocycles. The second-order valence-corrected chi connectivity index (χ2v) is 6.75. The fourth-order valence-corrected chi connectivity index (χ4v) is 2.77. The van der Waals surface area contributed by atoms with Crippen molar-refractivity contribution in [3.05, 3.63) is 95.1 Å². The Morgan fingerprint density at radius 3 is 2.28 bits per heavy atom. The van der Waals surface area contributed by atoms with E-state index in [2.05, 4.69) is 16.6 Å². The van der Waals surface area contributed by atoms with E-state index >= 15 is 0 Å². The van der Waals surface area contributed by atoms with Gasteiger partial charge in [0.15, 0.2) is 6.61 Å². The quantitative estimate of drug-likeness (QED) is 0.459. The van der Waals surface area contributed by atoms with Crippen LogP contribution in [0.4, 0.5) is 0 Å². The van der Waals surface area contributed by atoms with Crippen LogP contribution >= 0.6 is 0 Å². The van der Waals surface area contributed by atoms with E-state index in [4.69, 9.17) is 9.47 Å². The topological polar surface area (TPSA) is 59.9 Å². The third-order valence-electron chi connectivity index (χ3n) is 4.10. The Morgan fingerprint density at radius 2 is 1.59 bits per heavy atom. The molecule has 0 unspecified atom stereocenters. The first-order chi connectivity index (χ1) is 14.1. The van der Waals surface area contributed by atoms with Crippen LogP contribution in [0.15, 0.2) is 77.9 Å². The molecule has 3 rings (SSSR count). The minimum absolute atomic E-state index is 0.0908. The number of carbonyl (C=O) groups excluding carboxylic acids is 1. The summed E-state index contributed by atoms with van der Waals surface area (Å²) in [6, 6.07) is 23.3. The number of nitrogens with one attached hydrogen (secondary N) is 1. The molecule has 0 radical (unpaired) electrons. The van der Waals surface area contributed by atoms with Crippen molar-refractivity contribution in [1.29, 1.82) is 0 Å². The van der Waals surface area contributed by atoms with Crippen LogP contribution in [0, 0.1) is 13.8 Å². The van der Waals surface area contributed by atoms with E-state index in [9.17, 15) is 4.79 Å². The van der Waals surface area contributed by atoms with E-state index in [1.165, 1.54) is 0 Å². The Kier molecular flexibility index (Phi) is 7.00. The molecule has 148 valence electrons. The first-order valence-corrected chi connectivity index (χ1v) is 9.38. The van der Waals surface area contributed by atoms with Gasteiger partial charge in [0.25, 0.3) is 5.91 Å². The number of hydrogen-bond acceptors (Lipinski definition) is 4. The smallest absolute Gasteiger partial charge is 0.277 e. The lowest BCUT2D eigenvalue weighted by Crippen LogP contribution is -2.24. The molecule has 5 heteroatoms. The molecule has 29 heavy (non-hydrogen) atoms. The van der Waals surface area contributed by atoms with E-state index in [1.807, 2.05) is 80.6 Å². The average molecular weight is 388 g/mol.